The van der Waals surface area contributed by atoms with Gasteiger partial charge >= 0.3 is 0 Å². The van der Waals surface area contributed by atoms with Crippen LogP contribution in [0.3, 0.4) is 0 Å². The molecule has 0 spiro atoms. The zero-order chi connectivity index (χ0) is 14.5. The quantitative estimate of drug-likeness (QED) is 0.839. The zero-order valence-corrected chi connectivity index (χ0v) is 12.0. The molecule has 0 radical (unpaired) electrons. The Morgan fingerprint density at radius 2 is 1.89 bits per heavy atom. The van der Waals surface area contributed by atoms with Crippen molar-refractivity contribution in [2.75, 3.05) is 13.1 Å². The minimum atomic E-state index is -0.109. The molecule has 0 aromatic heterocycles. The Morgan fingerprint density at radius 1 is 1.32 bits per heavy atom. The Morgan fingerprint density at radius 3 is 2.37 bits per heavy atom. The summed E-state index contributed by atoms with van der Waals surface area (Å²) in [5, 5.41) is 11.5. The second-order valence-electron chi connectivity index (χ2n) is 6.29. The lowest BCUT2D eigenvalue weighted by molar-refractivity contribution is -0.131. The molecule has 1 fully saturated rings. The van der Waals surface area contributed by atoms with Crippen LogP contribution in [0.5, 0.6) is 0 Å². The third kappa shape index (κ3) is 5.73. The van der Waals surface area contributed by atoms with Crippen molar-refractivity contribution < 1.29 is 9.59 Å². The van der Waals surface area contributed by atoms with Crippen LogP contribution in [0.1, 0.15) is 46.5 Å². The van der Waals surface area contributed by atoms with Crippen molar-refractivity contribution in [3.05, 3.63) is 0 Å². The summed E-state index contributed by atoms with van der Waals surface area (Å²) in [5.74, 6) is -0.0312. The van der Waals surface area contributed by atoms with Crippen LogP contribution in [0.2, 0.25) is 0 Å². The SMILES string of the molecule is CC(C)(C)CC(=O)NC1CCN(C(=O)CC#N)CC1. The summed E-state index contributed by atoms with van der Waals surface area (Å²) in [6, 6.07) is 2.03. The number of carbonyl (C=O) groups excluding carboxylic acids is 2. The standard InChI is InChI=1S/C14H23N3O2/c1-14(2,3)10-12(18)16-11-5-8-17(9-6-11)13(19)4-7-15/h11H,4-6,8-10H2,1-3H3,(H,16,18). The number of nitriles is 1. The molecule has 2 amide bonds. The number of hydrogen-bond donors (Lipinski definition) is 1. The highest BCUT2D eigenvalue weighted by Crippen LogP contribution is 2.19. The Bertz CT molecular complexity index is 371. The molecule has 0 aromatic carbocycles. The third-order valence-electron chi connectivity index (χ3n) is 3.13. The maximum atomic E-state index is 11.8. The van der Waals surface area contributed by atoms with Crippen LogP contribution < -0.4 is 5.32 Å². The van der Waals surface area contributed by atoms with E-state index < -0.39 is 0 Å². The Kier molecular flexibility index (Phi) is 5.34. The number of amides is 2. The van der Waals surface area contributed by atoms with E-state index in [0.717, 1.165) is 12.8 Å². The zero-order valence-electron chi connectivity index (χ0n) is 12.0. The highest BCUT2D eigenvalue weighted by Gasteiger charge is 2.24. The first-order chi connectivity index (χ1) is 8.81. The average Bonchev–Trinajstić information content (AvgIpc) is 2.27. The lowest BCUT2D eigenvalue weighted by Gasteiger charge is -2.32. The van der Waals surface area contributed by atoms with Crippen molar-refractivity contribution in [2.24, 2.45) is 5.41 Å². The summed E-state index contributed by atoms with van der Waals surface area (Å²) in [4.78, 5) is 25.0. The van der Waals surface area contributed by atoms with Gasteiger partial charge in [-0.2, -0.15) is 5.26 Å². The van der Waals surface area contributed by atoms with E-state index in [1.807, 2.05) is 26.8 Å². The first-order valence-electron chi connectivity index (χ1n) is 6.76. The van der Waals surface area contributed by atoms with E-state index in [1.54, 1.807) is 4.90 Å². The maximum absolute atomic E-state index is 11.8. The molecule has 0 aliphatic carbocycles. The van der Waals surface area contributed by atoms with Gasteiger partial charge < -0.3 is 10.2 Å². The number of piperidine rings is 1. The molecule has 0 aromatic rings. The van der Waals surface area contributed by atoms with E-state index >= 15 is 0 Å². The van der Waals surface area contributed by atoms with E-state index in [-0.39, 0.29) is 29.7 Å². The number of likely N-dealkylation sites (tertiary alicyclic amines) is 1. The van der Waals surface area contributed by atoms with Crippen molar-refractivity contribution in [1.29, 1.82) is 5.26 Å². The van der Waals surface area contributed by atoms with Crippen molar-refractivity contribution in [3.63, 3.8) is 0 Å². The monoisotopic (exact) mass is 265 g/mol. The molecule has 5 heteroatoms. The molecule has 1 aliphatic rings. The first kappa shape index (κ1) is 15.5. The summed E-state index contributed by atoms with van der Waals surface area (Å²) >= 11 is 0. The fourth-order valence-electron chi connectivity index (χ4n) is 2.21. The largest absolute Gasteiger partial charge is 0.353 e. The molecule has 1 aliphatic heterocycles. The van der Waals surface area contributed by atoms with Gasteiger partial charge in [0.1, 0.15) is 6.42 Å². The molecule has 1 heterocycles. The molecule has 1 rings (SSSR count). The molecular formula is C14H23N3O2. The summed E-state index contributed by atoms with van der Waals surface area (Å²) in [7, 11) is 0. The molecule has 1 saturated heterocycles. The van der Waals surface area contributed by atoms with Crippen LogP contribution in [-0.4, -0.2) is 35.8 Å². The van der Waals surface area contributed by atoms with E-state index in [0.29, 0.717) is 19.5 Å². The summed E-state index contributed by atoms with van der Waals surface area (Å²) in [6.07, 6.45) is 2.00. The Labute approximate surface area is 115 Å². The molecule has 5 nitrogen and oxygen atoms in total. The second-order valence-corrected chi connectivity index (χ2v) is 6.29. The number of nitrogens with zero attached hydrogens (tertiary/aromatic N) is 2. The van der Waals surface area contributed by atoms with Gasteiger partial charge in [0.25, 0.3) is 0 Å². The van der Waals surface area contributed by atoms with Gasteiger partial charge in [-0.1, -0.05) is 20.8 Å². The van der Waals surface area contributed by atoms with Crippen LogP contribution in [0.15, 0.2) is 0 Å². The van der Waals surface area contributed by atoms with Gasteiger partial charge in [-0.15, -0.1) is 0 Å². The van der Waals surface area contributed by atoms with Crippen molar-refractivity contribution >= 4 is 11.8 Å². The molecular weight excluding hydrogens is 242 g/mol. The fourth-order valence-corrected chi connectivity index (χ4v) is 2.21. The molecule has 106 valence electrons. The molecule has 0 atom stereocenters. The number of carbonyl (C=O) groups is 2. The van der Waals surface area contributed by atoms with Crippen LogP contribution in [0.4, 0.5) is 0 Å². The summed E-state index contributed by atoms with van der Waals surface area (Å²) in [5.41, 5.74) is -0.00640. The van der Waals surface area contributed by atoms with Crippen LogP contribution in [-0.2, 0) is 9.59 Å². The number of rotatable bonds is 3. The number of hydrogen-bond acceptors (Lipinski definition) is 3. The third-order valence-corrected chi connectivity index (χ3v) is 3.13. The van der Waals surface area contributed by atoms with Gasteiger partial charge in [0.2, 0.25) is 11.8 Å². The van der Waals surface area contributed by atoms with Crippen molar-refractivity contribution in [2.45, 2.75) is 52.5 Å². The van der Waals surface area contributed by atoms with Crippen LogP contribution in [0.25, 0.3) is 0 Å². The Balaban J connectivity index is 2.33. The average molecular weight is 265 g/mol. The second kappa shape index (κ2) is 6.55. The summed E-state index contributed by atoms with van der Waals surface area (Å²) in [6.45, 7) is 7.36. The first-order valence-corrected chi connectivity index (χ1v) is 6.76. The molecule has 0 saturated carbocycles. The predicted molar refractivity (Wildman–Crippen MR) is 72.0 cm³/mol. The van der Waals surface area contributed by atoms with E-state index in [9.17, 15) is 9.59 Å². The maximum Gasteiger partial charge on any atom is 0.236 e. The molecule has 19 heavy (non-hydrogen) atoms. The smallest absolute Gasteiger partial charge is 0.236 e. The minimum absolute atomic E-state index is 0.00640. The number of nitrogens with one attached hydrogen (secondary N) is 1. The predicted octanol–water partition coefficient (Wildman–Crippen LogP) is 1.44. The molecule has 1 N–H and O–H groups in total. The lowest BCUT2D eigenvalue weighted by Crippen LogP contribution is -2.46. The minimum Gasteiger partial charge on any atom is -0.353 e. The van der Waals surface area contributed by atoms with Crippen molar-refractivity contribution in [3.8, 4) is 6.07 Å². The molecule has 0 bridgehead atoms. The van der Waals surface area contributed by atoms with Gasteiger partial charge in [-0.05, 0) is 18.3 Å². The molecule has 0 unspecified atom stereocenters. The van der Waals surface area contributed by atoms with E-state index in [1.165, 1.54) is 0 Å². The topological polar surface area (TPSA) is 73.2 Å². The van der Waals surface area contributed by atoms with E-state index in [2.05, 4.69) is 5.32 Å². The van der Waals surface area contributed by atoms with Crippen LogP contribution in [0, 0.1) is 16.7 Å². The highest BCUT2D eigenvalue weighted by atomic mass is 16.2. The van der Waals surface area contributed by atoms with Gasteiger partial charge in [0.05, 0.1) is 6.07 Å². The van der Waals surface area contributed by atoms with Crippen molar-refractivity contribution in [1.82, 2.24) is 10.2 Å². The van der Waals surface area contributed by atoms with Crippen LogP contribution >= 0.6 is 0 Å². The van der Waals surface area contributed by atoms with Gasteiger partial charge in [0, 0.05) is 25.6 Å². The van der Waals surface area contributed by atoms with Gasteiger partial charge in [-0.3, -0.25) is 9.59 Å². The van der Waals surface area contributed by atoms with Gasteiger partial charge in [0.15, 0.2) is 0 Å². The normalized spacial score (nSPS) is 16.8. The van der Waals surface area contributed by atoms with Gasteiger partial charge in [-0.25, -0.2) is 0 Å². The highest BCUT2D eigenvalue weighted by molar-refractivity contribution is 5.78. The summed E-state index contributed by atoms with van der Waals surface area (Å²) < 4.78 is 0. The van der Waals surface area contributed by atoms with E-state index in [4.69, 9.17) is 5.26 Å². The Hall–Kier alpha value is -1.57. The fraction of sp³-hybridized carbons (Fsp3) is 0.786. The lowest BCUT2D eigenvalue weighted by atomic mass is 9.91.